The van der Waals surface area contributed by atoms with E-state index in [1.165, 1.54) is 44.5 Å². The molecule has 0 bridgehead atoms. The van der Waals surface area contributed by atoms with Crippen LogP contribution in [0.3, 0.4) is 0 Å². The van der Waals surface area contributed by atoms with Gasteiger partial charge in [0.15, 0.2) is 0 Å². The van der Waals surface area contributed by atoms with Gasteiger partial charge in [-0.3, -0.25) is 0 Å². The Balaban J connectivity index is 1.45. The first kappa shape index (κ1) is 39.4. The van der Waals surface area contributed by atoms with E-state index in [0.717, 1.165) is 27.9 Å². The third-order valence-corrected chi connectivity index (χ3v) is 14.2. The minimum Gasteiger partial charge on any atom is -0.435 e. The smallest absolute Gasteiger partial charge is 0.326 e. The summed E-state index contributed by atoms with van der Waals surface area (Å²) in [6.07, 6.45) is 0.649. The lowest BCUT2D eigenvalue weighted by Crippen LogP contribution is -2.27. The molecule has 7 aromatic carbocycles. The molecule has 7 aromatic rings. The Labute approximate surface area is 347 Å². The maximum atomic E-state index is 7.48. The van der Waals surface area contributed by atoms with Gasteiger partial charge in [-0.2, -0.15) is 0 Å². The van der Waals surface area contributed by atoms with Crippen LogP contribution in [-0.4, -0.2) is 0 Å². The molecule has 1 heterocycles. The molecule has 58 heavy (non-hydrogen) atoms. The second kappa shape index (κ2) is 15.4. The summed E-state index contributed by atoms with van der Waals surface area (Å²) in [5, 5.41) is 1.03. The predicted octanol–water partition coefficient (Wildman–Crippen LogP) is 14.0. The van der Waals surface area contributed by atoms with Crippen molar-refractivity contribution in [3.8, 4) is 11.5 Å². The first-order chi connectivity index (χ1) is 27.8. The largest absolute Gasteiger partial charge is 0.435 e. The lowest BCUT2D eigenvalue weighted by Gasteiger charge is -2.37. The van der Waals surface area contributed by atoms with Gasteiger partial charge in [-0.15, -0.1) is 0 Å². The number of rotatable bonds is 9. The zero-order valence-electron chi connectivity index (χ0n) is 35.2. The van der Waals surface area contributed by atoms with Crippen molar-refractivity contribution in [2.75, 3.05) is 0 Å². The van der Waals surface area contributed by atoms with Gasteiger partial charge in [-0.25, -0.2) is 0 Å². The molecule has 0 radical (unpaired) electrons. The summed E-state index contributed by atoms with van der Waals surface area (Å²) in [6.45, 7) is 18.7. The van der Waals surface area contributed by atoms with E-state index in [4.69, 9.17) is 9.05 Å². The van der Waals surface area contributed by atoms with E-state index in [1.54, 1.807) is 0 Å². The summed E-state index contributed by atoms with van der Waals surface area (Å²) in [7, 11) is -1.61. The first-order valence-electron chi connectivity index (χ1n) is 20.6. The normalized spacial score (nSPS) is 13.7. The van der Waals surface area contributed by atoms with E-state index < -0.39 is 8.38 Å². The fraction of sp³-hybridized carbons (Fsp3) is 0.236. The summed E-state index contributed by atoms with van der Waals surface area (Å²) in [4.78, 5) is 0. The highest BCUT2D eigenvalue weighted by Gasteiger charge is 2.39. The molecule has 0 amide bonds. The van der Waals surface area contributed by atoms with Crippen LogP contribution in [-0.2, 0) is 28.1 Å². The quantitative estimate of drug-likeness (QED) is 0.136. The fourth-order valence-electron chi connectivity index (χ4n) is 8.61. The maximum absolute atomic E-state index is 7.48. The topological polar surface area (TPSA) is 18.5 Å². The molecular weight excluding hydrogens is 724 g/mol. The second-order valence-electron chi connectivity index (χ2n) is 17.9. The van der Waals surface area contributed by atoms with Crippen molar-refractivity contribution in [1.82, 2.24) is 0 Å². The van der Waals surface area contributed by atoms with Crippen molar-refractivity contribution < 1.29 is 9.05 Å². The Hall–Kier alpha value is -5.43. The lowest BCUT2D eigenvalue weighted by molar-refractivity contribution is 0.462. The van der Waals surface area contributed by atoms with E-state index >= 15 is 0 Å². The third kappa shape index (κ3) is 7.29. The summed E-state index contributed by atoms with van der Waals surface area (Å²) in [6, 6.07) is 63.8. The highest BCUT2D eigenvalue weighted by Crippen LogP contribution is 2.54. The third-order valence-electron chi connectivity index (χ3n) is 12.8. The lowest BCUT2D eigenvalue weighted by atomic mass is 9.70. The Morgan fingerprint density at radius 2 is 0.638 bits per heavy atom. The summed E-state index contributed by atoms with van der Waals surface area (Å²) in [5.74, 6) is 1.83. The monoisotopic (exact) mass is 778 g/mol. The van der Waals surface area contributed by atoms with Gasteiger partial charge in [0.25, 0.3) is 0 Å². The Kier molecular flexibility index (Phi) is 10.5. The predicted molar refractivity (Wildman–Crippen MR) is 244 cm³/mol. The molecule has 0 atom stereocenters. The molecule has 3 heteroatoms. The minimum absolute atomic E-state index is 0.277. The van der Waals surface area contributed by atoms with Crippen LogP contribution in [0.1, 0.15) is 111 Å². The molecule has 0 saturated heterocycles. The van der Waals surface area contributed by atoms with Crippen LogP contribution < -0.4 is 14.4 Å². The van der Waals surface area contributed by atoms with Gasteiger partial charge in [0.05, 0.1) is 5.30 Å². The van der Waals surface area contributed by atoms with Gasteiger partial charge in [0.1, 0.15) is 11.5 Å². The van der Waals surface area contributed by atoms with Gasteiger partial charge in [0.2, 0.25) is 0 Å². The highest BCUT2D eigenvalue weighted by molar-refractivity contribution is 7.56. The number of fused-ring (bicyclic) bond motifs is 2. The SMILES string of the molecule is CC(C)(c1ccccc1)c1cc2c(c(C(C)(C)c3ccccc3)c1)OP(c1ccccc1)Oc1c(cc(C(C)(C)c3ccccc3)cc1C(C)(C)c1ccccc1)C2. The van der Waals surface area contributed by atoms with Gasteiger partial charge in [-0.05, 0) is 56.6 Å². The van der Waals surface area contributed by atoms with E-state index in [0.29, 0.717) is 6.42 Å². The Bertz CT molecular complexity index is 2350. The molecule has 0 spiro atoms. The zero-order chi connectivity index (χ0) is 40.7. The molecule has 0 aliphatic carbocycles. The molecule has 0 fully saturated rings. The maximum Gasteiger partial charge on any atom is 0.326 e. The van der Waals surface area contributed by atoms with E-state index in [-0.39, 0.29) is 21.7 Å². The summed E-state index contributed by atoms with van der Waals surface area (Å²) >= 11 is 0. The minimum atomic E-state index is -1.61. The fourth-order valence-corrected chi connectivity index (χ4v) is 10.0. The molecule has 2 nitrogen and oxygen atoms in total. The van der Waals surface area contributed by atoms with Crippen LogP contribution in [0.2, 0.25) is 0 Å². The van der Waals surface area contributed by atoms with Crippen LogP contribution in [0.5, 0.6) is 11.5 Å². The van der Waals surface area contributed by atoms with Gasteiger partial charge in [0, 0.05) is 39.2 Å². The molecule has 0 unspecified atom stereocenters. The Morgan fingerprint density at radius 3 is 0.966 bits per heavy atom. The van der Waals surface area contributed by atoms with Crippen molar-refractivity contribution in [2.45, 2.75) is 83.5 Å². The van der Waals surface area contributed by atoms with Crippen LogP contribution in [0.25, 0.3) is 0 Å². The van der Waals surface area contributed by atoms with Crippen LogP contribution in [0.15, 0.2) is 176 Å². The highest BCUT2D eigenvalue weighted by atomic mass is 31.2. The summed E-state index contributed by atoms with van der Waals surface area (Å²) < 4.78 is 15.0. The van der Waals surface area contributed by atoms with Gasteiger partial charge in [-0.1, -0.05) is 219 Å². The molecule has 1 aliphatic rings. The van der Waals surface area contributed by atoms with Crippen LogP contribution in [0, 0.1) is 0 Å². The van der Waals surface area contributed by atoms with E-state index in [2.05, 4.69) is 231 Å². The van der Waals surface area contributed by atoms with Gasteiger partial charge >= 0.3 is 8.38 Å². The molecule has 0 aromatic heterocycles. The molecule has 0 N–H and O–H groups in total. The zero-order valence-corrected chi connectivity index (χ0v) is 36.1. The van der Waals surface area contributed by atoms with Gasteiger partial charge < -0.3 is 9.05 Å². The van der Waals surface area contributed by atoms with Crippen LogP contribution in [0.4, 0.5) is 0 Å². The van der Waals surface area contributed by atoms with E-state index in [9.17, 15) is 0 Å². The molecule has 1 aliphatic heterocycles. The standard InChI is InChI=1S/C55H55O2P/c1-52(2,41-24-14-9-15-25-41)45-35-39-34-40-36-46(53(3,4)42-26-16-10-17-27-42)38-49(55(7,8)44-30-20-12-21-31-44)51(40)57-58(47-32-22-13-23-33-47)56-50(39)48(37-45)54(5,6)43-28-18-11-19-29-43/h9-33,35-38H,34H2,1-8H3. The first-order valence-corrected chi connectivity index (χ1v) is 21.7. The molecule has 292 valence electrons. The van der Waals surface area contributed by atoms with Crippen molar-refractivity contribution >= 4 is 13.7 Å². The number of benzene rings is 7. The molecular formula is C55H55O2P. The Morgan fingerprint density at radius 1 is 0.345 bits per heavy atom. The molecule has 0 saturated carbocycles. The average Bonchev–Trinajstić information content (AvgIpc) is 3.24. The average molecular weight is 779 g/mol. The van der Waals surface area contributed by atoms with Crippen molar-refractivity contribution in [3.63, 3.8) is 0 Å². The van der Waals surface area contributed by atoms with Crippen molar-refractivity contribution in [2.24, 2.45) is 0 Å². The van der Waals surface area contributed by atoms with Crippen LogP contribution >= 0.6 is 8.38 Å². The second-order valence-corrected chi connectivity index (χ2v) is 19.3. The summed E-state index contributed by atoms with van der Waals surface area (Å²) in [5.41, 5.74) is 10.9. The van der Waals surface area contributed by atoms with E-state index in [1.807, 2.05) is 0 Å². The van der Waals surface area contributed by atoms with Crippen molar-refractivity contribution in [3.05, 3.63) is 232 Å². The number of hydrogen-bond donors (Lipinski definition) is 0. The van der Waals surface area contributed by atoms with Crippen molar-refractivity contribution in [1.29, 1.82) is 0 Å². The molecule has 8 rings (SSSR count). The number of hydrogen-bond acceptors (Lipinski definition) is 2.